The van der Waals surface area contributed by atoms with Crippen molar-refractivity contribution in [2.75, 3.05) is 5.32 Å². The summed E-state index contributed by atoms with van der Waals surface area (Å²) in [4.78, 5) is 22.6. The number of H-pyrrole nitrogens is 2. The van der Waals surface area contributed by atoms with Gasteiger partial charge in [-0.3, -0.25) is 20.2 Å². The van der Waals surface area contributed by atoms with Crippen molar-refractivity contribution < 1.29 is 4.79 Å². The molecule has 1 amide bonds. The maximum absolute atomic E-state index is 11.2. The van der Waals surface area contributed by atoms with E-state index in [0.29, 0.717) is 17.4 Å². The lowest BCUT2D eigenvalue weighted by molar-refractivity contribution is -0.114. The molecule has 28 heavy (non-hydrogen) atoms. The number of amides is 1. The zero-order valence-electron chi connectivity index (χ0n) is 15.0. The highest BCUT2D eigenvalue weighted by Gasteiger charge is 2.18. The van der Waals surface area contributed by atoms with Crippen molar-refractivity contribution in [1.29, 1.82) is 0 Å². The van der Waals surface area contributed by atoms with Crippen LogP contribution in [0.4, 0.5) is 5.95 Å². The second kappa shape index (κ2) is 7.66. The molecule has 140 valence electrons. The Morgan fingerprint density at radius 1 is 1.11 bits per heavy atom. The molecule has 0 spiro atoms. The number of rotatable bonds is 5. The van der Waals surface area contributed by atoms with Crippen LogP contribution in [0.3, 0.4) is 0 Å². The molecule has 0 aliphatic heterocycles. The van der Waals surface area contributed by atoms with Crippen molar-refractivity contribution in [1.82, 2.24) is 25.1 Å². The van der Waals surface area contributed by atoms with E-state index in [4.69, 9.17) is 11.6 Å². The first-order valence-electron chi connectivity index (χ1n) is 8.65. The van der Waals surface area contributed by atoms with E-state index in [1.165, 1.54) is 6.92 Å². The smallest absolute Gasteiger partial charge is 0.223 e. The first kappa shape index (κ1) is 17.9. The zero-order chi connectivity index (χ0) is 19.5. The van der Waals surface area contributed by atoms with Crippen LogP contribution < -0.4 is 5.32 Å². The summed E-state index contributed by atoms with van der Waals surface area (Å²) in [6.07, 6.45) is 5.75. The van der Waals surface area contributed by atoms with E-state index in [9.17, 15) is 4.79 Å². The van der Waals surface area contributed by atoms with Crippen LogP contribution in [-0.2, 0) is 11.2 Å². The minimum Gasteiger partial charge on any atom is -0.327 e. The molecular formula is C20H17ClN6O. The average Bonchev–Trinajstić information content (AvgIpc) is 3.30. The normalized spacial score (nSPS) is 10.8. The van der Waals surface area contributed by atoms with Gasteiger partial charge in [0.05, 0.1) is 6.20 Å². The second-order valence-corrected chi connectivity index (χ2v) is 6.72. The summed E-state index contributed by atoms with van der Waals surface area (Å²) < 4.78 is 0. The van der Waals surface area contributed by atoms with E-state index in [1.807, 2.05) is 36.4 Å². The predicted octanol–water partition coefficient (Wildman–Crippen LogP) is 4.06. The van der Waals surface area contributed by atoms with Crippen molar-refractivity contribution in [3.05, 3.63) is 71.4 Å². The van der Waals surface area contributed by atoms with Gasteiger partial charge in [-0.05, 0) is 29.8 Å². The van der Waals surface area contributed by atoms with E-state index >= 15 is 0 Å². The molecule has 0 aliphatic rings. The standard InChI is InChI=1S/C20H17ClN6O/c1-12(28)24-20-23-11-16(25-20)10-17-18(13-6-8-22-9-7-13)19(27-26-17)14-2-4-15(21)5-3-14/h2-9,11H,10H2,1H3,(H,26,27)(H2,23,24,25,28). The molecule has 7 nitrogen and oxygen atoms in total. The molecule has 0 saturated carbocycles. The molecule has 3 aromatic heterocycles. The van der Waals surface area contributed by atoms with Gasteiger partial charge >= 0.3 is 0 Å². The molecule has 3 N–H and O–H groups in total. The Morgan fingerprint density at radius 2 is 1.86 bits per heavy atom. The summed E-state index contributed by atoms with van der Waals surface area (Å²) in [5, 5.41) is 11.0. The van der Waals surface area contributed by atoms with Gasteiger partial charge in [-0.1, -0.05) is 23.7 Å². The maximum Gasteiger partial charge on any atom is 0.223 e. The number of aromatic amines is 2. The van der Waals surface area contributed by atoms with E-state index in [2.05, 4.69) is 30.5 Å². The van der Waals surface area contributed by atoms with Gasteiger partial charge in [-0.15, -0.1) is 0 Å². The SMILES string of the molecule is CC(=O)Nc1ncc(Cc2[nH]nc(-c3ccc(Cl)cc3)c2-c2ccncc2)[nH]1. The lowest BCUT2D eigenvalue weighted by Gasteiger charge is -2.06. The van der Waals surface area contributed by atoms with Crippen LogP contribution in [-0.4, -0.2) is 31.1 Å². The number of anilines is 1. The van der Waals surface area contributed by atoms with Gasteiger partial charge in [0.25, 0.3) is 0 Å². The van der Waals surface area contributed by atoms with Crippen LogP contribution in [0.25, 0.3) is 22.4 Å². The number of carbonyl (C=O) groups excluding carboxylic acids is 1. The van der Waals surface area contributed by atoms with Crippen molar-refractivity contribution >= 4 is 23.5 Å². The molecule has 8 heteroatoms. The quantitative estimate of drug-likeness (QED) is 0.476. The number of aromatic nitrogens is 5. The number of benzene rings is 1. The number of nitrogens with zero attached hydrogens (tertiary/aromatic N) is 3. The van der Waals surface area contributed by atoms with E-state index in [0.717, 1.165) is 33.8 Å². The highest BCUT2D eigenvalue weighted by atomic mass is 35.5. The first-order valence-corrected chi connectivity index (χ1v) is 9.03. The molecule has 0 saturated heterocycles. The topological polar surface area (TPSA) is 99.3 Å². The maximum atomic E-state index is 11.2. The second-order valence-electron chi connectivity index (χ2n) is 6.28. The Labute approximate surface area is 166 Å². The highest BCUT2D eigenvalue weighted by molar-refractivity contribution is 6.30. The number of pyridine rings is 1. The Morgan fingerprint density at radius 3 is 2.57 bits per heavy atom. The molecule has 4 rings (SSSR count). The third-order valence-electron chi connectivity index (χ3n) is 4.22. The summed E-state index contributed by atoms with van der Waals surface area (Å²) in [6.45, 7) is 1.44. The van der Waals surface area contributed by atoms with Crippen molar-refractivity contribution in [3.8, 4) is 22.4 Å². The van der Waals surface area contributed by atoms with Gasteiger partial charge < -0.3 is 4.98 Å². The Kier molecular flexibility index (Phi) is 4.90. The molecule has 4 aromatic rings. The fraction of sp³-hybridized carbons (Fsp3) is 0.100. The number of nitrogens with one attached hydrogen (secondary N) is 3. The van der Waals surface area contributed by atoms with Gasteiger partial charge in [0.15, 0.2) is 0 Å². The van der Waals surface area contributed by atoms with Gasteiger partial charge in [-0.25, -0.2) is 4.98 Å². The van der Waals surface area contributed by atoms with Crippen LogP contribution in [0.5, 0.6) is 0 Å². The van der Waals surface area contributed by atoms with Crippen LogP contribution in [0, 0.1) is 0 Å². The molecule has 0 bridgehead atoms. The number of hydrogen-bond acceptors (Lipinski definition) is 4. The predicted molar refractivity (Wildman–Crippen MR) is 108 cm³/mol. The van der Waals surface area contributed by atoms with Gasteiger partial charge in [0, 0.05) is 53.3 Å². The molecule has 0 atom stereocenters. The Balaban J connectivity index is 1.74. The number of hydrogen-bond donors (Lipinski definition) is 3. The van der Waals surface area contributed by atoms with E-state index in [-0.39, 0.29) is 5.91 Å². The van der Waals surface area contributed by atoms with Gasteiger partial charge in [-0.2, -0.15) is 5.10 Å². The summed E-state index contributed by atoms with van der Waals surface area (Å²) in [5.74, 6) is 0.246. The molecule has 0 aliphatic carbocycles. The molecule has 0 unspecified atom stereocenters. The van der Waals surface area contributed by atoms with Crippen molar-refractivity contribution in [2.24, 2.45) is 0 Å². The van der Waals surface area contributed by atoms with Crippen molar-refractivity contribution in [3.63, 3.8) is 0 Å². The third kappa shape index (κ3) is 3.79. The van der Waals surface area contributed by atoms with Crippen LogP contribution >= 0.6 is 11.6 Å². The minimum atomic E-state index is -0.176. The summed E-state index contributed by atoms with van der Waals surface area (Å²) in [6, 6.07) is 11.5. The van der Waals surface area contributed by atoms with Gasteiger partial charge in [0.1, 0.15) is 5.69 Å². The third-order valence-corrected chi connectivity index (χ3v) is 4.47. The highest BCUT2D eigenvalue weighted by Crippen LogP contribution is 2.34. The molecule has 3 heterocycles. The largest absolute Gasteiger partial charge is 0.327 e. The van der Waals surface area contributed by atoms with E-state index in [1.54, 1.807) is 18.6 Å². The average molecular weight is 393 g/mol. The van der Waals surface area contributed by atoms with E-state index < -0.39 is 0 Å². The first-order chi connectivity index (χ1) is 13.6. The zero-order valence-corrected chi connectivity index (χ0v) is 15.8. The summed E-state index contributed by atoms with van der Waals surface area (Å²) >= 11 is 6.03. The molecule has 1 aromatic carbocycles. The van der Waals surface area contributed by atoms with Crippen molar-refractivity contribution in [2.45, 2.75) is 13.3 Å². The molecule has 0 radical (unpaired) electrons. The van der Waals surface area contributed by atoms with Crippen LogP contribution in [0.15, 0.2) is 55.0 Å². The number of imidazole rings is 1. The fourth-order valence-electron chi connectivity index (χ4n) is 3.02. The summed E-state index contributed by atoms with van der Waals surface area (Å²) in [7, 11) is 0. The minimum absolute atomic E-state index is 0.176. The lowest BCUT2D eigenvalue weighted by Crippen LogP contribution is -2.07. The Bertz CT molecular complexity index is 1100. The lowest BCUT2D eigenvalue weighted by atomic mass is 9.98. The molecular weight excluding hydrogens is 376 g/mol. The van der Waals surface area contributed by atoms with Gasteiger partial charge in [0.2, 0.25) is 11.9 Å². The van der Waals surface area contributed by atoms with Crippen LogP contribution in [0.1, 0.15) is 18.3 Å². The number of carbonyl (C=O) groups is 1. The number of halogens is 1. The monoisotopic (exact) mass is 392 g/mol. The summed E-state index contributed by atoms with van der Waals surface area (Å²) in [5.41, 5.74) is 5.56. The fourth-order valence-corrected chi connectivity index (χ4v) is 3.15. The molecule has 0 fully saturated rings. The van der Waals surface area contributed by atoms with Crippen LogP contribution in [0.2, 0.25) is 5.02 Å². The Hall–Kier alpha value is -3.45.